The van der Waals surface area contributed by atoms with Gasteiger partial charge in [0.1, 0.15) is 5.60 Å². The highest BCUT2D eigenvalue weighted by Crippen LogP contribution is 2.16. The van der Waals surface area contributed by atoms with Gasteiger partial charge in [-0.1, -0.05) is 0 Å². The molecule has 98 valence electrons. The zero-order valence-corrected chi connectivity index (χ0v) is 10.3. The summed E-state index contributed by atoms with van der Waals surface area (Å²) in [6, 6.07) is 1.81. The number of aryl methyl sites for hydroxylation is 1. The van der Waals surface area contributed by atoms with Crippen LogP contribution in [-0.4, -0.2) is 46.2 Å². The first-order valence-electron chi connectivity index (χ1n) is 5.83. The van der Waals surface area contributed by atoms with E-state index >= 15 is 0 Å². The Bertz CT molecular complexity index is 447. The largest absolute Gasteiger partial charge is 0.386 e. The van der Waals surface area contributed by atoms with Gasteiger partial charge in [-0.2, -0.15) is 5.10 Å². The highest BCUT2D eigenvalue weighted by atomic mass is 16.5. The van der Waals surface area contributed by atoms with Crippen LogP contribution in [-0.2, 0) is 16.6 Å². The van der Waals surface area contributed by atoms with Crippen LogP contribution < -0.4 is 5.32 Å². The molecule has 1 aliphatic rings. The number of ether oxygens (including phenoxy) is 1. The maximum Gasteiger partial charge on any atom is 0.244 e. The second-order valence-electron chi connectivity index (χ2n) is 4.46. The molecule has 1 fully saturated rings. The predicted molar refractivity (Wildman–Crippen MR) is 65.6 cm³/mol. The number of carbonyl (C=O) groups excluding carboxylic acids is 1. The molecule has 0 aromatic carbocycles. The molecule has 1 aliphatic heterocycles. The minimum atomic E-state index is -0.921. The Labute approximate surface area is 105 Å². The topological polar surface area (TPSA) is 76.4 Å². The summed E-state index contributed by atoms with van der Waals surface area (Å²) in [4.78, 5) is 11.6. The lowest BCUT2D eigenvalue weighted by molar-refractivity contribution is -0.117. The molecule has 6 nitrogen and oxygen atoms in total. The molecule has 0 radical (unpaired) electrons. The van der Waals surface area contributed by atoms with Crippen LogP contribution >= 0.6 is 0 Å². The van der Waals surface area contributed by atoms with Gasteiger partial charge in [0.15, 0.2) is 0 Å². The molecule has 0 bridgehead atoms. The fourth-order valence-electron chi connectivity index (χ4n) is 1.76. The van der Waals surface area contributed by atoms with E-state index in [4.69, 9.17) is 4.74 Å². The summed E-state index contributed by atoms with van der Waals surface area (Å²) in [5.74, 6) is -0.239. The van der Waals surface area contributed by atoms with Gasteiger partial charge < -0.3 is 15.2 Å². The van der Waals surface area contributed by atoms with Crippen molar-refractivity contribution in [2.45, 2.75) is 12.0 Å². The van der Waals surface area contributed by atoms with Crippen molar-refractivity contribution in [3.63, 3.8) is 0 Å². The summed E-state index contributed by atoms with van der Waals surface area (Å²) in [6.07, 6.45) is 5.32. The molecule has 1 aromatic heterocycles. The Balaban J connectivity index is 1.82. The molecule has 1 aromatic rings. The normalized spacial score (nSPS) is 23.7. The SMILES string of the molecule is Cn1nccc1/C=C/C(=O)NCC1(O)CCOC1. The average Bonchev–Trinajstić information content (AvgIpc) is 2.94. The lowest BCUT2D eigenvalue weighted by Crippen LogP contribution is -2.42. The van der Waals surface area contributed by atoms with E-state index in [-0.39, 0.29) is 19.1 Å². The first kappa shape index (κ1) is 12.8. The third kappa shape index (κ3) is 3.18. The maximum absolute atomic E-state index is 11.6. The molecule has 2 N–H and O–H groups in total. The van der Waals surface area contributed by atoms with Gasteiger partial charge in [-0.25, -0.2) is 0 Å². The minimum Gasteiger partial charge on any atom is -0.386 e. The Morgan fingerprint density at radius 1 is 1.78 bits per heavy atom. The highest BCUT2D eigenvalue weighted by Gasteiger charge is 2.32. The number of aliphatic hydroxyl groups is 1. The minimum absolute atomic E-state index is 0.210. The van der Waals surface area contributed by atoms with Crippen molar-refractivity contribution in [1.82, 2.24) is 15.1 Å². The van der Waals surface area contributed by atoms with E-state index < -0.39 is 5.60 Å². The van der Waals surface area contributed by atoms with Crippen LogP contribution in [0.15, 0.2) is 18.3 Å². The van der Waals surface area contributed by atoms with E-state index in [0.29, 0.717) is 13.0 Å². The number of hydrogen-bond donors (Lipinski definition) is 2. The molecule has 0 aliphatic carbocycles. The summed E-state index contributed by atoms with van der Waals surface area (Å²) in [5, 5.41) is 16.6. The van der Waals surface area contributed by atoms with Crippen LogP contribution in [0.5, 0.6) is 0 Å². The smallest absolute Gasteiger partial charge is 0.244 e. The summed E-state index contributed by atoms with van der Waals surface area (Å²) in [7, 11) is 1.80. The predicted octanol–water partition coefficient (Wildman–Crippen LogP) is -0.299. The van der Waals surface area contributed by atoms with Crippen molar-refractivity contribution in [1.29, 1.82) is 0 Å². The van der Waals surface area contributed by atoms with Gasteiger partial charge in [-0.05, 0) is 12.1 Å². The molecule has 1 amide bonds. The fourth-order valence-corrected chi connectivity index (χ4v) is 1.76. The Hall–Kier alpha value is -1.66. The van der Waals surface area contributed by atoms with Crippen molar-refractivity contribution in [3.05, 3.63) is 24.0 Å². The van der Waals surface area contributed by atoms with E-state index in [9.17, 15) is 9.90 Å². The molecule has 6 heteroatoms. The van der Waals surface area contributed by atoms with Gasteiger partial charge in [0.25, 0.3) is 0 Å². The second kappa shape index (κ2) is 5.32. The number of nitrogens with one attached hydrogen (secondary N) is 1. The molecule has 18 heavy (non-hydrogen) atoms. The molecule has 2 heterocycles. The number of amides is 1. The lowest BCUT2D eigenvalue weighted by atomic mass is 10.0. The monoisotopic (exact) mass is 251 g/mol. The fraction of sp³-hybridized carbons (Fsp3) is 0.500. The van der Waals surface area contributed by atoms with Gasteiger partial charge in [0, 0.05) is 38.9 Å². The van der Waals surface area contributed by atoms with Gasteiger partial charge in [-0.15, -0.1) is 0 Å². The van der Waals surface area contributed by atoms with Gasteiger partial charge >= 0.3 is 0 Å². The molecular weight excluding hydrogens is 234 g/mol. The van der Waals surface area contributed by atoms with Crippen LogP contribution in [0.2, 0.25) is 0 Å². The zero-order valence-electron chi connectivity index (χ0n) is 10.3. The average molecular weight is 251 g/mol. The number of carbonyl (C=O) groups is 1. The first-order valence-corrected chi connectivity index (χ1v) is 5.83. The van der Waals surface area contributed by atoms with Gasteiger partial charge in [-0.3, -0.25) is 9.48 Å². The molecule has 1 atom stereocenters. The summed E-state index contributed by atoms with van der Waals surface area (Å²) in [6.45, 7) is 1.03. The maximum atomic E-state index is 11.6. The van der Waals surface area contributed by atoms with Crippen molar-refractivity contribution >= 4 is 12.0 Å². The van der Waals surface area contributed by atoms with Crippen LogP contribution in [0.1, 0.15) is 12.1 Å². The second-order valence-corrected chi connectivity index (χ2v) is 4.46. The Morgan fingerprint density at radius 3 is 3.22 bits per heavy atom. The van der Waals surface area contributed by atoms with Crippen LogP contribution in [0.25, 0.3) is 6.08 Å². The van der Waals surface area contributed by atoms with E-state index in [0.717, 1.165) is 5.69 Å². The summed E-state index contributed by atoms with van der Waals surface area (Å²) >= 11 is 0. The molecule has 1 saturated heterocycles. The van der Waals surface area contributed by atoms with E-state index in [1.807, 2.05) is 6.07 Å². The standard InChI is InChI=1S/C12H17N3O3/c1-15-10(4-6-14-15)2-3-11(16)13-8-12(17)5-7-18-9-12/h2-4,6,17H,5,7-9H2,1H3,(H,13,16)/b3-2+. The molecule has 1 unspecified atom stereocenters. The van der Waals surface area contributed by atoms with Crippen molar-refractivity contribution in [2.24, 2.45) is 7.05 Å². The van der Waals surface area contributed by atoms with Crippen molar-refractivity contribution in [2.75, 3.05) is 19.8 Å². The molecule has 2 rings (SSSR count). The summed E-state index contributed by atoms with van der Waals surface area (Å²) < 4.78 is 6.76. The van der Waals surface area contributed by atoms with Crippen LogP contribution in [0, 0.1) is 0 Å². The Morgan fingerprint density at radius 2 is 2.61 bits per heavy atom. The molecule has 0 spiro atoms. The number of aromatic nitrogens is 2. The van der Waals surface area contributed by atoms with E-state index in [2.05, 4.69) is 10.4 Å². The van der Waals surface area contributed by atoms with E-state index in [1.165, 1.54) is 6.08 Å². The van der Waals surface area contributed by atoms with Crippen LogP contribution in [0.3, 0.4) is 0 Å². The van der Waals surface area contributed by atoms with Crippen molar-refractivity contribution in [3.8, 4) is 0 Å². The number of hydrogen-bond acceptors (Lipinski definition) is 4. The summed E-state index contributed by atoms with van der Waals surface area (Å²) in [5.41, 5.74) is -0.0798. The molecule has 0 saturated carbocycles. The lowest BCUT2D eigenvalue weighted by Gasteiger charge is -2.19. The highest BCUT2D eigenvalue weighted by molar-refractivity contribution is 5.91. The first-order chi connectivity index (χ1) is 8.59. The van der Waals surface area contributed by atoms with Gasteiger partial charge in [0.2, 0.25) is 5.91 Å². The van der Waals surface area contributed by atoms with Crippen LogP contribution in [0.4, 0.5) is 0 Å². The van der Waals surface area contributed by atoms with Crippen molar-refractivity contribution < 1.29 is 14.6 Å². The molecular formula is C12H17N3O3. The van der Waals surface area contributed by atoms with Gasteiger partial charge in [0.05, 0.1) is 12.3 Å². The quantitative estimate of drug-likeness (QED) is 0.720. The van der Waals surface area contributed by atoms with E-state index in [1.54, 1.807) is 24.0 Å². The Kier molecular flexibility index (Phi) is 3.78. The number of rotatable bonds is 4. The number of nitrogens with zero attached hydrogens (tertiary/aromatic N) is 2. The third-order valence-corrected chi connectivity index (χ3v) is 2.94. The zero-order chi connectivity index (χ0) is 13.0. The third-order valence-electron chi connectivity index (χ3n) is 2.94.